The van der Waals surface area contributed by atoms with Gasteiger partial charge in [-0.1, -0.05) is 22.8 Å². The van der Waals surface area contributed by atoms with E-state index in [-0.39, 0.29) is 17.0 Å². The number of benzene rings is 1. The lowest BCUT2D eigenvalue weighted by atomic mass is 10.0. The van der Waals surface area contributed by atoms with Crippen LogP contribution in [0.15, 0.2) is 34.9 Å². The van der Waals surface area contributed by atoms with Gasteiger partial charge in [0.2, 0.25) is 6.10 Å². The number of nitrogens with one attached hydrogen (secondary N) is 1. The fraction of sp³-hybridized carbons (Fsp3) is 0.222. The first-order valence-corrected chi connectivity index (χ1v) is 9.62. The number of carbonyl (C=O) groups excluding carboxylic acids is 1. The number of hydrogen-bond acceptors (Lipinski definition) is 6. The second-order valence-corrected chi connectivity index (χ2v) is 7.53. The fourth-order valence-corrected chi connectivity index (χ4v) is 3.92. The molecule has 0 saturated heterocycles. The van der Waals surface area contributed by atoms with Gasteiger partial charge in [0.15, 0.2) is 5.13 Å². The molecule has 4 rings (SSSR count). The summed E-state index contributed by atoms with van der Waals surface area (Å²) in [4.78, 5) is 22.1. The third kappa shape index (κ3) is 3.50. The summed E-state index contributed by atoms with van der Waals surface area (Å²) in [5, 5.41) is 13.3. The molecule has 10 heteroatoms. The Hall–Kier alpha value is -2.78. The second kappa shape index (κ2) is 7.33. The Balaban J connectivity index is 1.44. The molecule has 0 bridgehead atoms. The summed E-state index contributed by atoms with van der Waals surface area (Å²) in [6.07, 6.45) is 1.11. The van der Waals surface area contributed by atoms with E-state index in [2.05, 4.69) is 20.6 Å². The van der Waals surface area contributed by atoms with Crippen molar-refractivity contribution < 1.29 is 14.0 Å². The molecule has 7 nitrogen and oxygen atoms in total. The van der Waals surface area contributed by atoms with Gasteiger partial charge in [-0.15, -0.1) is 11.3 Å². The normalized spacial score (nSPS) is 16.0. The predicted octanol–water partition coefficient (Wildman–Crippen LogP) is 3.78. The highest BCUT2D eigenvalue weighted by Gasteiger charge is 2.31. The zero-order valence-electron chi connectivity index (χ0n) is 14.9. The van der Waals surface area contributed by atoms with Crippen LogP contribution in [0.25, 0.3) is 11.3 Å². The number of hydrogen-bond donors (Lipinski definition) is 1. The number of halogens is 2. The zero-order chi connectivity index (χ0) is 19.8. The van der Waals surface area contributed by atoms with Crippen molar-refractivity contribution in [3.8, 4) is 11.3 Å². The van der Waals surface area contributed by atoms with Gasteiger partial charge in [0, 0.05) is 30.6 Å². The fourth-order valence-electron chi connectivity index (χ4n) is 2.93. The molecule has 1 aliphatic rings. The van der Waals surface area contributed by atoms with Gasteiger partial charge >= 0.3 is 0 Å². The lowest BCUT2D eigenvalue weighted by Crippen LogP contribution is -2.28. The standard InChI is InChI=1S/C18H15ClFN5O2S/c1-9-10(7-25(2)23-9)14-8-28-18(21-14)22-17(26)15-6-13(24-27-15)16-11(19)4-3-5-12(16)20/h3-5,7-8,15H,6H2,1-2H3,(H,21,22,26). The van der Waals surface area contributed by atoms with Crippen molar-refractivity contribution in [1.29, 1.82) is 0 Å². The Morgan fingerprint density at radius 1 is 1.46 bits per heavy atom. The first-order chi connectivity index (χ1) is 13.4. The second-order valence-electron chi connectivity index (χ2n) is 6.26. The average molecular weight is 420 g/mol. The first-order valence-electron chi connectivity index (χ1n) is 8.36. The van der Waals surface area contributed by atoms with Crippen molar-refractivity contribution in [1.82, 2.24) is 14.8 Å². The molecule has 1 atom stereocenters. The molecule has 1 amide bonds. The van der Waals surface area contributed by atoms with Crippen molar-refractivity contribution >= 4 is 39.7 Å². The number of thiazole rings is 1. The van der Waals surface area contributed by atoms with Gasteiger partial charge in [-0.3, -0.25) is 14.8 Å². The Morgan fingerprint density at radius 2 is 2.29 bits per heavy atom. The molecule has 1 N–H and O–H groups in total. The molecule has 2 aromatic heterocycles. The molecule has 1 unspecified atom stereocenters. The molecular formula is C18H15ClFN5O2S. The van der Waals surface area contributed by atoms with Crippen LogP contribution in [0.5, 0.6) is 0 Å². The smallest absolute Gasteiger partial charge is 0.270 e. The summed E-state index contributed by atoms with van der Waals surface area (Å²) in [7, 11) is 1.84. The maximum atomic E-state index is 14.0. The number of amides is 1. The van der Waals surface area contributed by atoms with Gasteiger partial charge in [-0.05, 0) is 19.1 Å². The van der Waals surface area contributed by atoms with E-state index in [0.29, 0.717) is 10.8 Å². The average Bonchev–Trinajstić information content (AvgIpc) is 3.35. The Morgan fingerprint density at radius 3 is 3.00 bits per heavy atom. The van der Waals surface area contributed by atoms with Crippen molar-refractivity contribution in [2.45, 2.75) is 19.4 Å². The van der Waals surface area contributed by atoms with Crippen LogP contribution in [-0.2, 0) is 16.7 Å². The molecular weight excluding hydrogens is 405 g/mol. The van der Waals surface area contributed by atoms with E-state index in [1.54, 1.807) is 10.7 Å². The summed E-state index contributed by atoms with van der Waals surface area (Å²) >= 11 is 7.35. The van der Waals surface area contributed by atoms with Crippen molar-refractivity contribution in [2.24, 2.45) is 12.2 Å². The number of nitrogens with zero attached hydrogens (tertiary/aromatic N) is 4. The monoisotopic (exact) mass is 419 g/mol. The van der Waals surface area contributed by atoms with Crippen molar-refractivity contribution in [3.63, 3.8) is 0 Å². The van der Waals surface area contributed by atoms with E-state index in [1.807, 2.05) is 25.5 Å². The minimum atomic E-state index is -0.877. The lowest BCUT2D eigenvalue weighted by molar-refractivity contribution is -0.125. The number of aromatic nitrogens is 3. The molecule has 3 aromatic rings. The number of rotatable bonds is 4. The predicted molar refractivity (Wildman–Crippen MR) is 105 cm³/mol. The molecule has 1 aliphatic heterocycles. The highest BCUT2D eigenvalue weighted by molar-refractivity contribution is 7.14. The van der Waals surface area contributed by atoms with E-state index in [9.17, 15) is 9.18 Å². The number of anilines is 1. The van der Waals surface area contributed by atoms with Crippen molar-refractivity contribution in [3.05, 3.63) is 51.9 Å². The zero-order valence-corrected chi connectivity index (χ0v) is 16.5. The third-order valence-electron chi connectivity index (χ3n) is 4.24. The number of carbonyl (C=O) groups is 1. The van der Waals surface area contributed by atoms with Crippen molar-refractivity contribution in [2.75, 3.05) is 5.32 Å². The quantitative estimate of drug-likeness (QED) is 0.697. The van der Waals surface area contributed by atoms with E-state index in [0.717, 1.165) is 17.0 Å². The molecule has 0 fully saturated rings. The topological polar surface area (TPSA) is 81.4 Å². The summed E-state index contributed by atoms with van der Waals surface area (Å²) in [5.74, 6) is -0.915. The minimum Gasteiger partial charge on any atom is -0.382 e. The van der Waals surface area contributed by atoms with Gasteiger partial charge < -0.3 is 4.84 Å². The maximum absolute atomic E-state index is 14.0. The van der Waals surface area contributed by atoms with Crippen LogP contribution in [0.2, 0.25) is 5.02 Å². The Kier molecular flexibility index (Phi) is 4.86. The Bertz CT molecular complexity index is 1070. The van der Waals surface area contributed by atoms with Crippen LogP contribution in [0.4, 0.5) is 9.52 Å². The highest BCUT2D eigenvalue weighted by atomic mass is 35.5. The minimum absolute atomic E-state index is 0.117. The van der Waals surface area contributed by atoms with E-state index in [1.165, 1.54) is 23.5 Å². The summed E-state index contributed by atoms with van der Waals surface area (Å²) in [6, 6.07) is 4.35. The van der Waals surface area contributed by atoms with Crippen LogP contribution < -0.4 is 5.32 Å². The molecule has 1 aromatic carbocycles. The number of oxime groups is 1. The molecule has 144 valence electrons. The van der Waals surface area contributed by atoms with Gasteiger partial charge in [-0.2, -0.15) is 5.10 Å². The molecule has 0 aliphatic carbocycles. The van der Waals surface area contributed by atoms with Gasteiger partial charge in [-0.25, -0.2) is 9.37 Å². The molecule has 0 spiro atoms. The first kappa shape index (κ1) is 18.6. The van der Waals surface area contributed by atoms with Crippen LogP contribution >= 0.6 is 22.9 Å². The molecule has 0 saturated carbocycles. The van der Waals surface area contributed by atoms with Crippen LogP contribution in [0, 0.1) is 12.7 Å². The summed E-state index contributed by atoms with van der Waals surface area (Å²) in [6.45, 7) is 1.89. The summed E-state index contributed by atoms with van der Waals surface area (Å²) < 4.78 is 15.7. The Labute approximate surface area is 168 Å². The highest BCUT2D eigenvalue weighted by Crippen LogP contribution is 2.28. The molecule has 3 heterocycles. The van der Waals surface area contributed by atoms with E-state index in [4.69, 9.17) is 16.4 Å². The maximum Gasteiger partial charge on any atom is 0.270 e. The molecule has 0 radical (unpaired) electrons. The van der Waals surface area contributed by atoms with Gasteiger partial charge in [0.1, 0.15) is 5.82 Å². The van der Waals surface area contributed by atoms with Gasteiger partial charge in [0.05, 0.1) is 27.7 Å². The largest absolute Gasteiger partial charge is 0.382 e. The number of aryl methyl sites for hydroxylation is 2. The lowest BCUT2D eigenvalue weighted by Gasteiger charge is -2.07. The summed E-state index contributed by atoms with van der Waals surface area (Å²) in [5.41, 5.74) is 2.94. The van der Waals surface area contributed by atoms with Crippen LogP contribution in [0.1, 0.15) is 17.7 Å². The van der Waals surface area contributed by atoms with E-state index >= 15 is 0 Å². The molecule has 28 heavy (non-hydrogen) atoms. The van der Waals surface area contributed by atoms with Crippen LogP contribution in [-0.4, -0.2) is 32.5 Å². The SMILES string of the molecule is Cc1nn(C)cc1-c1csc(NC(=O)C2CC(c3c(F)cccc3Cl)=NO2)n1. The third-order valence-corrected chi connectivity index (χ3v) is 5.31. The van der Waals surface area contributed by atoms with Gasteiger partial charge in [0.25, 0.3) is 5.91 Å². The van der Waals surface area contributed by atoms with Crippen LogP contribution in [0.3, 0.4) is 0 Å². The van der Waals surface area contributed by atoms with E-state index < -0.39 is 17.8 Å².